The van der Waals surface area contributed by atoms with Gasteiger partial charge >= 0.3 is 0 Å². The molecule has 5 rings (SSSR count). The monoisotopic (exact) mass is 394 g/mol. The molecular weight excluding hydrogens is 356 g/mol. The van der Waals surface area contributed by atoms with Gasteiger partial charge in [0.1, 0.15) is 0 Å². The number of Topliss-reactive ketones (excluding diaryl/α,β-unsaturated/α-hetero) is 1. The number of hydrogen-bond donors (Lipinski definition) is 0. The Balaban J connectivity index is 1.46. The van der Waals surface area contributed by atoms with E-state index in [9.17, 15) is 4.79 Å². The molecule has 4 aliphatic rings. The van der Waals surface area contributed by atoms with Crippen LogP contribution in [-0.2, 0) is 11.3 Å². The smallest absolute Gasteiger partial charge is 0.165 e. The maximum atomic E-state index is 13.6. The highest BCUT2D eigenvalue weighted by atomic mass is 16.1. The quantitative estimate of drug-likeness (QED) is 0.559. The van der Waals surface area contributed by atoms with Crippen LogP contribution in [0.3, 0.4) is 0 Å². The first-order valence-corrected chi connectivity index (χ1v) is 12.2. The highest BCUT2D eigenvalue weighted by molar-refractivity contribution is 6.06. The van der Waals surface area contributed by atoms with Crippen LogP contribution in [0.2, 0.25) is 0 Å². The number of nitrogens with zero attached hydrogens (tertiary/aromatic N) is 2. The van der Waals surface area contributed by atoms with Crippen LogP contribution in [0.25, 0.3) is 6.08 Å². The topological polar surface area (TPSA) is 34.9 Å². The third kappa shape index (κ3) is 2.75. The summed E-state index contributed by atoms with van der Waals surface area (Å²) < 4.78 is 2.03. The molecule has 3 nitrogen and oxygen atoms in total. The van der Waals surface area contributed by atoms with E-state index in [-0.39, 0.29) is 5.41 Å². The van der Waals surface area contributed by atoms with Gasteiger partial charge in [0.2, 0.25) is 0 Å². The van der Waals surface area contributed by atoms with Crippen molar-refractivity contribution in [2.24, 2.45) is 34.5 Å². The lowest BCUT2D eigenvalue weighted by Crippen LogP contribution is -2.52. The number of aryl methyl sites for hydroxylation is 1. The average Bonchev–Trinajstić information content (AvgIpc) is 3.19. The van der Waals surface area contributed by atoms with Gasteiger partial charge < -0.3 is 0 Å². The standard InChI is InChI=1S/C26H38N2O/c1-5-28-17(2)19(16-27-28)14-18-15-23-21-10-9-20-8-6-7-12-25(20,3)22(21)11-13-26(23,4)24(18)29/h14,16,20-23H,5-13,15H2,1-4H3/b18-14-/t20-,21-,22+,23-,25-,26-/m0/s1. The zero-order valence-corrected chi connectivity index (χ0v) is 18.8. The molecule has 1 aromatic rings. The Morgan fingerprint density at radius 2 is 1.97 bits per heavy atom. The zero-order valence-electron chi connectivity index (χ0n) is 18.8. The van der Waals surface area contributed by atoms with Gasteiger partial charge in [-0.05, 0) is 99.5 Å². The van der Waals surface area contributed by atoms with E-state index in [4.69, 9.17) is 0 Å². The fourth-order valence-electron chi connectivity index (χ4n) is 8.20. The van der Waals surface area contributed by atoms with Crippen LogP contribution in [0.5, 0.6) is 0 Å². The Morgan fingerprint density at radius 1 is 1.14 bits per heavy atom. The SMILES string of the molecule is CCn1ncc(/C=C2/C[C@H]3[C@H]4CC[C@@H]5CCCC[C@]5(C)[C@@H]4CC[C@]3(C)C2=O)c1C. The van der Waals surface area contributed by atoms with Crippen molar-refractivity contribution < 1.29 is 4.79 Å². The normalized spacial score (nSPS) is 43.2. The highest BCUT2D eigenvalue weighted by Crippen LogP contribution is 2.66. The number of rotatable bonds is 2. The molecule has 6 atom stereocenters. The van der Waals surface area contributed by atoms with Gasteiger partial charge in [0.25, 0.3) is 0 Å². The molecule has 0 spiro atoms. The minimum absolute atomic E-state index is 0.125. The molecule has 3 heteroatoms. The molecule has 0 amide bonds. The maximum Gasteiger partial charge on any atom is 0.165 e. The van der Waals surface area contributed by atoms with Crippen molar-refractivity contribution in [2.45, 2.75) is 92.0 Å². The van der Waals surface area contributed by atoms with Crippen LogP contribution in [-0.4, -0.2) is 15.6 Å². The number of carbonyl (C=O) groups excluding carboxylic acids is 1. The van der Waals surface area contributed by atoms with Gasteiger partial charge in [-0.1, -0.05) is 26.7 Å². The summed E-state index contributed by atoms with van der Waals surface area (Å²) in [6.07, 6.45) is 16.0. The Bertz CT molecular complexity index is 851. The average molecular weight is 395 g/mol. The summed E-state index contributed by atoms with van der Waals surface area (Å²) in [5.74, 6) is 3.54. The summed E-state index contributed by atoms with van der Waals surface area (Å²) in [6, 6.07) is 0. The molecule has 0 bridgehead atoms. The van der Waals surface area contributed by atoms with Crippen molar-refractivity contribution in [3.63, 3.8) is 0 Å². The molecule has 1 heterocycles. The minimum atomic E-state index is -0.125. The molecule has 0 aromatic carbocycles. The van der Waals surface area contributed by atoms with Gasteiger partial charge in [-0.2, -0.15) is 5.10 Å². The lowest BCUT2D eigenvalue weighted by atomic mass is 9.45. The van der Waals surface area contributed by atoms with E-state index in [0.29, 0.717) is 17.1 Å². The summed E-state index contributed by atoms with van der Waals surface area (Å²) in [6.45, 7) is 10.0. The second-order valence-electron chi connectivity index (χ2n) is 11.1. The summed E-state index contributed by atoms with van der Waals surface area (Å²) in [5.41, 5.74) is 3.81. The minimum Gasteiger partial charge on any atom is -0.294 e. The fraction of sp³-hybridized carbons (Fsp3) is 0.769. The number of fused-ring (bicyclic) bond motifs is 5. The van der Waals surface area contributed by atoms with Crippen LogP contribution >= 0.6 is 0 Å². The van der Waals surface area contributed by atoms with Crippen LogP contribution in [0.1, 0.15) is 89.8 Å². The van der Waals surface area contributed by atoms with Gasteiger partial charge in [0.15, 0.2) is 5.78 Å². The van der Waals surface area contributed by atoms with Crippen molar-refractivity contribution in [1.82, 2.24) is 9.78 Å². The lowest BCUT2D eigenvalue weighted by molar-refractivity contribution is -0.137. The maximum absolute atomic E-state index is 13.6. The number of allylic oxidation sites excluding steroid dienone is 1. The third-order valence-electron chi connectivity index (χ3n) is 9.99. The molecule has 0 unspecified atom stereocenters. The molecule has 0 N–H and O–H groups in total. The van der Waals surface area contributed by atoms with Crippen LogP contribution in [0.15, 0.2) is 11.8 Å². The zero-order chi connectivity index (χ0) is 20.4. The largest absolute Gasteiger partial charge is 0.294 e. The summed E-state index contributed by atoms with van der Waals surface area (Å²) >= 11 is 0. The van der Waals surface area contributed by atoms with Gasteiger partial charge in [-0.25, -0.2) is 0 Å². The second-order valence-corrected chi connectivity index (χ2v) is 11.1. The molecule has 4 aliphatic carbocycles. The van der Waals surface area contributed by atoms with Gasteiger partial charge in [0, 0.05) is 23.2 Å². The van der Waals surface area contributed by atoms with Crippen molar-refractivity contribution in [3.8, 4) is 0 Å². The molecule has 0 aliphatic heterocycles. The molecule has 29 heavy (non-hydrogen) atoms. The van der Waals surface area contributed by atoms with Crippen molar-refractivity contribution >= 4 is 11.9 Å². The van der Waals surface area contributed by atoms with Gasteiger partial charge in [0.05, 0.1) is 6.20 Å². The predicted octanol–water partition coefficient (Wildman–Crippen LogP) is 6.21. The molecule has 0 radical (unpaired) electrons. The molecule has 4 fully saturated rings. The van der Waals surface area contributed by atoms with Crippen LogP contribution in [0, 0.1) is 41.4 Å². The number of aromatic nitrogens is 2. The Hall–Kier alpha value is -1.38. The van der Waals surface area contributed by atoms with Crippen LogP contribution in [0.4, 0.5) is 0 Å². The summed E-state index contributed by atoms with van der Waals surface area (Å²) in [5, 5.41) is 4.49. The van der Waals surface area contributed by atoms with E-state index in [0.717, 1.165) is 48.3 Å². The number of hydrogen-bond acceptors (Lipinski definition) is 2. The third-order valence-corrected chi connectivity index (χ3v) is 9.99. The van der Waals surface area contributed by atoms with Gasteiger partial charge in [-0.3, -0.25) is 9.48 Å². The summed E-state index contributed by atoms with van der Waals surface area (Å²) in [4.78, 5) is 13.6. The fourth-order valence-corrected chi connectivity index (χ4v) is 8.20. The van der Waals surface area contributed by atoms with E-state index in [1.54, 1.807) is 0 Å². The van der Waals surface area contributed by atoms with Crippen molar-refractivity contribution in [1.29, 1.82) is 0 Å². The van der Waals surface area contributed by atoms with E-state index < -0.39 is 0 Å². The molecule has 158 valence electrons. The Kier molecular flexibility index (Phi) is 4.60. The van der Waals surface area contributed by atoms with Gasteiger partial charge in [-0.15, -0.1) is 0 Å². The Labute approximate surface area is 176 Å². The van der Waals surface area contributed by atoms with Crippen LogP contribution < -0.4 is 0 Å². The first-order valence-electron chi connectivity index (χ1n) is 12.2. The van der Waals surface area contributed by atoms with E-state index in [2.05, 4.69) is 38.9 Å². The first-order chi connectivity index (χ1) is 13.9. The highest BCUT2D eigenvalue weighted by Gasteiger charge is 2.60. The number of ketones is 1. The molecular formula is C26H38N2O. The number of carbonyl (C=O) groups is 1. The molecule has 0 saturated heterocycles. The van der Waals surface area contributed by atoms with E-state index in [1.165, 1.54) is 50.6 Å². The lowest BCUT2D eigenvalue weighted by Gasteiger charge is -2.59. The molecule has 1 aromatic heterocycles. The summed E-state index contributed by atoms with van der Waals surface area (Å²) in [7, 11) is 0. The van der Waals surface area contributed by atoms with E-state index in [1.807, 2.05) is 10.9 Å². The Morgan fingerprint density at radius 3 is 2.72 bits per heavy atom. The first kappa shape index (κ1) is 19.6. The predicted molar refractivity (Wildman–Crippen MR) is 117 cm³/mol. The van der Waals surface area contributed by atoms with Crippen molar-refractivity contribution in [2.75, 3.05) is 0 Å². The molecule has 4 saturated carbocycles. The second kappa shape index (κ2) is 6.82. The van der Waals surface area contributed by atoms with E-state index >= 15 is 0 Å². The van der Waals surface area contributed by atoms with Crippen molar-refractivity contribution in [3.05, 3.63) is 23.0 Å².